The lowest BCUT2D eigenvalue weighted by molar-refractivity contribution is -0.171. The second kappa shape index (κ2) is 8.04. The van der Waals surface area contributed by atoms with Gasteiger partial charge in [-0.1, -0.05) is 18.7 Å². The number of ketones is 1. The van der Waals surface area contributed by atoms with Crippen LogP contribution in [-0.4, -0.2) is 83.7 Å². The third kappa shape index (κ3) is 3.02. The Morgan fingerprint density at radius 2 is 1.97 bits per heavy atom. The van der Waals surface area contributed by atoms with Gasteiger partial charge in [0, 0.05) is 23.3 Å². The number of aliphatic hydroxyl groups excluding tert-OH is 2. The molecule has 3 aliphatic carbocycles. The van der Waals surface area contributed by atoms with Crippen LogP contribution in [0.3, 0.4) is 0 Å². The number of hydrogen-bond donors (Lipinski definition) is 7. The van der Waals surface area contributed by atoms with Gasteiger partial charge in [0.2, 0.25) is 0 Å². The minimum atomic E-state index is -2.70. The molecule has 0 saturated heterocycles. The molecule has 1 aromatic carbocycles. The molecule has 1 heterocycles. The molecular formula is C26H28N4O7. The minimum absolute atomic E-state index is 0.0332. The number of hydrogen-bond acceptors (Lipinski definition) is 9. The number of primary amides is 1. The fourth-order valence-corrected chi connectivity index (χ4v) is 6.52. The number of phenols is 1. The molecule has 0 aliphatic heterocycles. The van der Waals surface area contributed by atoms with E-state index >= 15 is 0 Å². The number of carbonyl (C=O) groups excluding carboxylic acids is 2. The van der Waals surface area contributed by atoms with Crippen LogP contribution in [0.15, 0.2) is 59.8 Å². The number of likely N-dealkylation sites (N-methyl/N-ethyl adjacent to an activating group) is 1. The van der Waals surface area contributed by atoms with E-state index < -0.39 is 57.9 Å². The molecule has 0 unspecified atom stereocenters. The molecular weight excluding hydrogens is 480 g/mol. The number of phenolic OH excluding ortho intramolecular Hbond substituents is 1. The van der Waals surface area contributed by atoms with Crippen molar-refractivity contribution in [3.05, 3.63) is 71.0 Å². The number of nitrogens with zero attached hydrogens (tertiary/aromatic N) is 2. The Labute approximate surface area is 211 Å². The normalized spacial score (nSPS) is 31.2. The fraction of sp³-hybridized carbons (Fsp3) is 0.346. The van der Waals surface area contributed by atoms with Crippen LogP contribution in [0.25, 0.3) is 11.1 Å². The number of aromatic hydroxyl groups is 1. The van der Waals surface area contributed by atoms with Crippen molar-refractivity contribution >= 4 is 11.7 Å². The highest BCUT2D eigenvalue weighted by atomic mass is 16.4. The molecule has 3 aliphatic rings. The SMILES string of the molecule is C=C[C@]1(O)C(C(N)=O)=C(O)[C@@H](N(C)C)[C@@H]2C[C@@H]3Cc4c(-c5cn[nH]c5)ccc(O)c4C(=O)C3=C(O)[C@@]21O. The van der Waals surface area contributed by atoms with Crippen molar-refractivity contribution in [2.45, 2.75) is 30.1 Å². The fourth-order valence-electron chi connectivity index (χ4n) is 6.52. The molecule has 11 heteroatoms. The zero-order valence-electron chi connectivity index (χ0n) is 20.3. The molecule has 37 heavy (non-hydrogen) atoms. The van der Waals surface area contributed by atoms with Crippen molar-refractivity contribution in [2.75, 3.05) is 14.1 Å². The van der Waals surface area contributed by atoms with Crippen molar-refractivity contribution < 1.29 is 35.1 Å². The Kier molecular flexibility index (Phi) is 5.38. The molecule has 1 aromatic heterocycles. The molecule has 2 aromatic rings. The van der Waals surface area contributed by atoms with E-state index in [-0.39, 0.29) is 29.7 Å². The van der Waals surface area contributed by atoms with Gasteiger partial charge in [-0.05, 0) is 50.0 Å². The van der Waals surface area contributed by atoms with Gasteiger partial charge >= 0.3 is 0 Å². The van der Waals surface area contributed by atoms with Crippen LogP contribution in [0.5, 0.6) is 5.75 Å². The third-order valence-corrected chi connectivity index (χ3v) is 8.10. The van der Waals surface area contributed by atoms with E-state index in [4.69, 9.17) is 5.73 Å². The highest BCUT2D eigenvalue weighted by molar-refractivity contribution is 6.14. The number of Topliss-reactive ketones (excluding diaryl/α,β-unsaturated/α-hetero) is 1. The van der Waals surface area contributed by atoms with Crippen LogP contribution in [0.4, 0.5) is 0 Å². The maximum atomic E-state index is 13.8. The van der Waals surface area contributed by atoms with Crippen LogP contribution >= 0.6 is 0 Å². The first-order chi connectivity index (χ1) is 17.4. The van der Waals surface area contributed by atoms with Gasteiger partial charge in [-0.2, -0.15) is 5.10 Å². The van der Waals surface area contributed by atoms with E-state index in [9.17, 15) is 35.1 Å². The monoisotopic (exact) mass is 508 g/mol. The number of aliphatic hydroxyl groups is 4. The number of aromatic amines is 1. The van der Waals surface area contributed by atoms with Crippen LogP contribution in [0, 0.1) is 11.8 Å². The highest BCUT2D eigenvalue weighted by Gasteiger charge is 2.68. The molecule has 0 fully saturated rings. The summed E-state index contributed by atoms with van der Waals surface area (Å²) in [6, 6.07) is 2.00. The molecule has 1 amide bonds. The topological polar surface area (TPSA) is 193 Å². The predicted molar refractivity (Wildman–Crippen MR) is 131 cm³/mol. The van der Waals surface area contributed by atoms with E-state index in [0.29, 0.717) is 16.7 Å². The number of allylic oxidation sites excluding steroid dienone is 1. The predicted octanol–water partition coefficient (Wildman–Crippen LogP) is 0.859. The molecule has 0 saturated carbocycles. The molecule has 0 radical (unpaired) electrons. The minimum Gasteiger partial charge on any atom is -0.510 e. The summed E-state index contributed by atoms with van der Waals surface area (Å²) in [4.78, 5) is 27.8. The van der Waals surface area contributed by atoms with Crippen molar-refractivity contribution in [2.24, 2.45) is 17.6 Å². The second-order valence-electron chi connectivity index (χ2n) is 10.1. The summed E-state index contributed by atoms with van der Waals surface area (Å²) in [5.74, 6) is -5.36. The molecule has 0 bridgehead atoms. The third-order valence-electron chi connectivity index (χ3n) is 8.10. The van der Waals surface area contributed by atoms with Crippen molar-refractivity contribution in [1.29, 1.82) is 0 Å². The molecule has 194 valence electrons. The first-order valence-electron chi connectivity index (χ1n) is 11.7. The van der Waals surface area contributed by atoms with Crippen molar-refractivity contribution in [1.82, 2.24) is 15.1 Å². The summed E-state index contributed by atoms with van der Waals surface area (Å²) < 4.78 is 0. The van der Waals surface area contributed by atoms with Crippen LogP contribution in [-0.2, 0) is 11.2 Å². The molecule has 11 nitrogen and oxygen atoms in total. The number of benzene rings is 1. The average molecular weight is 509 g/mol. The number of H-pyrrole nitrogens is 1. The Balaban J connectivity index is 1.79. The number of nitrogens with two attached hydrogens (primary N) is 1. The number of fused-ring (bicyclic) bond motifs is 3. The second-order valence-corrected chi connectivity index (χ2v) is 10.1. The van der Waals surface area contributed by atoms with Gasteiger partial charge in [0.15, 0.2) is 17.0 Å². The quantitative estimate of drug-likeness (QED) is 0.293. The maximum absolute atomic E-state index is 13.8. The van der Waals surface area contributed by atoms with E-state index in [1.807, 2.05) is 0 Å². The summed E-state index contributed by atoms with van der Waals surface area (Å²) in [5, 5.41) is 63.7. The number of amides is 1. The summed E-state index contributed by atoms with van der Waals surface area (Å²) in [5.41, 5.74) is 1.14. The van der Waals surface area contributed by atoms with Crippen LogP contribution in [0.1, 0.15) is 22.3 Å². The van der Waals surface area contributed by atoms with Gasteiger partial charge < -0.3 is 31.3 Å². The molecule has 5 rings (SSSR count). The largest absolute Gasteiger partial charge is 0.510 e. The van der Waals surface area contributed by atoms with Gasteiger partial charge in [-0.3, -0.25) is 19.6 Å². The van der Waals surface area contributed by atoms with Crippen molar-refractivity contribution in [3.8, 4) is 16.9 Å². The smallest absolute Gasteiger partial charge is 0.251 e. The lowest BCUT2D eigenvalue weighted by atomic mass is 9.53. The van der Waals surface area contributed by atoms with Gasteiger partial charge in [-0.15, -0.1) is 0 Å². The summed E-state index contributed by atoms with van der Waals surface area (Å²) in [6.45, 7) is 3.53. The van der Waals surface area contributed by atoms with Gasteiger partial charge in [0.25, 0.3) is 5.91 Å². The Bertz CT molecular complexity index is 1410. The number of rotatable bonds is 4. The summed E-state index contributed by atoms with van der Waals surface area (Å²) in [7, 11) is 3.20. The first kappa shape index (κ1) is 24.8. The zero-order chi connectivity index (χ0) is 27.0. The molecule has 8 N–H and O–H groups in total. The van der Waals surface area contributed by atoms with Crippen molar-refractivity contribution in [3.63, 3.8) is 0 Å². The van der Waals surface area contributed by atoms with Crippen LogP contribution < -0.4 is 5.73 Å². The van der Waals surface area contributed by atoms with Gasteiger partial charge in [0.05, 0.1) is 23.4 Å². The van der Waals surface area contributed by atoms with E-state index in [2.05, 4.69) is 16.8 Å². The standard InChI is InChI=1S/C26H28N4O7/c1-4-25(36)19(24(27)35)22(33)20(30(2)3)15-8-11-7-14-13(12-9-28-29-10-12)5-6-16(31)18(14)21(32)17(11)23(34)26(15,25)37/h4-6,9-11,15,20,31,33-34,36-37H,1,7-8H2,2-3H3,(H2,27,35)(H,28,29)/t11-,15-,20-,25-,26-/m0/s1. The molecule has 5 atom stereocenters. The van der Waals surface area contributed by atoms with E-state index in [1.54, 1.807) is 32.6 Å². The molecule has 0 spiro atoms. The van der Waals surface area contributed by atoms with E-state index in [0.717, 1.165) is 6.08 Å². The Morgan fingerprint density at radius 3 is 2.54 bits per heavy atom. The van der Waals surface area contributed by atoms with Crippen LogP contribution in [0.2, 0.25) is 0 Å². The van der Waals surface area contributed by atoms with Gasteiger partial charge in [-0.25, -0.2) is 0 Å². The number of aromatic nitrogens is 2. The lowest BCUT2D eigenvalue weighted by Crippen LogP contribution is -2.71. The Hall–Kier alpha value is -3.93. The highest BCUT2D eigenvalue weighted by Crippen LogP contribution is 2.57. The van der Waals surface area contributed by atoms with Gasteiger partial charge in [0.1, 0.15) is 17.3 Å². The zero-order valence-corrected chi connectivity index (χ0v) is 20.3. The average Bonchev–Trinajstić information content (AvgIpc) is 3.35. The maximum Gasteiger partial charge on any atom is 0.251 e. The van der Waals surface area contributed by atoms with E-state index in [1.165, 1.54) is 11.0 Å². The first-order valence-corrected chi connectivity index (χ1v) is 11.7. The number of carbonyl (C=O) groups is 2. The number of nitrogens with one attached hydrogen (secondary N) is 1. The Morgan fingerprint density at radius 1 is 1.27 bits per heavy atom. The summed E-state index contributed by atoms with van der Waals surface area (Å²) >= 11 is 0. The lowest BCUT2D eigenvalue weighted by Gasteiger charge is -2.57. The summed E-state index contributed by atoms with van der Waals surface area (Å²) in [6.07, 6.45) is 4.32.